The van der Waals surface area contributed by atoms with Gasteiger partial charge in [0.05, 0.1) is 5.54 Å². The molecule has 2 rings (SSSR count). The lowest BCUT2D eigenvalue weighted by Gasteiger charge is -2.40. The normalized spacial score (nSPS) is 20.2. The van der Waals surface area contributed by atoms with Crippen molar-refractivity contribution in [2.75, 3.05) is 0 Å². The molecule has 0 aromatic heterocycles. The van der Waals surface area contributed by atoms with Gasteiger partial charge in [-0.3, -0.25) is 0 Å². The van der Waals surface area contributed by atoms with Gasteiger partial charge in [-0.05, 0) is 18.9 Å². The van der Waals surface area contributed by atoms with Crippen LogP contribution >= 0.6 is 11.6 Å². The average molecular weight is 260 g/mol. The van der Waals surface area contributed by atoms with Gasteiger partial charge in [-0.25, -0.2) is 0 Å². The van der Waals surface area contributed by atoms with Crippen LogP contribution in [0.3, 0.4) is 0 Å². The van der Waals surface area contributed by atoms with Crippen LogP contribution in [0.2, 0.25) is 5.02 Å². The van der Waals surface area contributed by atoms with E-state index in [1.165, 1.54) is 12.1 Å². The third kappa shape index (κ3) is 2.18. The standard InChI is InChI=1S/C13H16ClF2N/c14-11-7-3-2-6-10(11)13(15,16)12(17)8-4-1-5-9-12/h2-3,6-7H,1,4-5,8-9,17H2. The Balaban J connectivity index is 2.38. The van der Waals surface area contributed by atoms with E-state index in [4.69, 9.17) is 17.3 Å². The van der Waals surface area contributed by atoms with E-state index < -0.39 is 11.5 Å². The van der Waals surface area contributed by atoms with Gasteiger partial charge in [-0.1, -0.05) is 49.1 Å². The van der Waals surface area contributed by atoms with Crippen molar-refractivity contribution < 1.29 is 8.78 Å². The fourth-order valence-electron chi connectivity index (χ4n) is 2.48. The zero-order valence-electron chi connectivity index (χ0n) is 9.56. The summed E-state index contributed by atoms with van der Waals surface area (Å²) in [4.78, 5) is 0. The van der Waals surface area contributed by atoms with Crippen molar-refractivity contribution in [2.24, 2.45) is 5.73 Å². The Kier molecular flexibility index (Phi) is 3.41. The molecule has 1 fully saturated rings. The van der Waals surface area contributed by atoms with Crippen LogP contribution in [0.1, 0.15) is 37.7 Å². The lowest BCUT2D eigenvalue weighted by Crippen LogP contribution is -2.55. The molecule has 0 aliphatic heterocycles. The highest BCUT2D eigenvalue weighted by atomic mass is 35.5. The zero-order chi connectivity index (χ0) is 12.5. The van der Waals surface area contributed by atoms with Crippen molar-refractivity contribution in [3.63, 3.8) is 0 Å². The molecule has 0 unspecified atom stereocenters. The Morgan fingerprint density at radius 2 is 1.71 bits per heavy atom. The molecule has 0 radical (unpaired) electrons. The predicted octanol–water partition coefficient (Wildman–Crippen LogP) is 4.09. The van der Waals surface area contributed by atoms with E-state index in [1.807, 2.05) is 0 Å². The monoisotopic (exact) mass is 259 g/mol. The third-order valence-electron chi connectivity index (χ3n) is 3.58. The van der Waals surface area contributed by atoms with Crippen molar-refractivity contribution in [3.8, 4) is 0 Å². The number of halogens is 3. The molecule has 1 nitrogen and oxygen atoms in total. The molecule has 1 saturated carbocycles. The van der Waals surface area contributed by atoms with E-state index in [2.05, 4.69) is 0 Å². The Morgan fingerprint density at radius 3 is 2.29 bits per heavy atom. The Morgan fingerprint density at radius 1 is 1.12 bits per heavy atom. The maximum Gasteiger partial charge on any atom is 0.292 e. The summed E-state index contributed by atoms with van der Waals surface area (Å²) < 4.78 is 29.0. The second-order valence-electron chi connectivity index (χ2n) is 4.77. The first-order valence-electron chi connectivity index (χ1n) is 5.89. The molecule has 1 aliphatic carbocycles. The minimum atomic E-state index is -3.06. The van der Waals surface area contributed by atoms with Crippen molar-refractivity contribution in [3.05, 3.63) is 34.9 Å². The van der Waals surface area contributed by atoms with E-state index >= 15 is 0 Å². The number of alkyl halides is 2. The van der Waals surface area contributed by atoms with Crippen molar-refractivity contribution in [2.45, 2.75) is 43.6 Å². The molecular weight excluding hydrogens is 244 g/mol. The van der Waals surface area contributed by atoms with Crippen LogP contribution in [-0.2, 0) is 5.92 Å². The highest BCUT2D eigenvalue weighted by Gasteiger charge is 2.52. The van der Waals surface area contributed by atoms with Crippen molar-refractivity contribution in [1.82, 2.24) is 0 Å². The van der Waals surface area contributed by atoms with Gasteiger partial charge >= 0.3 is 0 Å². The van der Waals surface area contributed by atoms with Gasteiger partial charge in [0.15, 0.2) is 0 Å². The first kappa shape index (κ1) is 12.8. The number of nitrogens with two attached hydrogens (primary N) is 1. The van der Waals surface area contributed by atoms with E-state index in [9.17, 15) is 8.78 Å². The van der Waals surface area contributed by atoms with Gasteiger partial charge in [0.1, 0.15) is 0 Å². The second-order valence-corrected chi connectivity index (χ2v) is 5.18. The molecule has 0 bridgehead atoms. The molecule has 94 valence electrons. The van der Waals surface area contributed by atoms with Gasteiger partial charge in [0.25, 0.3) is 5.92 Å². The maximum absolute atomic E-state index is 14.5. The van der Waals surface area contributed by atoms with E-state index in [0.717, 1.165) is 19.3 Å². The summed E-state index contributed by atoms with van der Waals surface area (Å²) in [6, 6.07) is 6.07. The zero-order valence-corrected chi connectivity index (χ0v) is 10.3. The van der Waals surface area contributed by atoms with Gasteiger partial charge in [0.2, 0.25) is 0 Å². The van der Waals surface area contributed by atoms with Gasteiger partial charge < -0.3 is 5.73 Å². The summed E-state index contributed by atoms with van der Waals surface area (Å²) in [6.45, 7) is 0. The number of hydrogen-bond donors (Lipinski definition) is 1. The molecule has 0 heterocycles. The van der Waals surface area contributed by atoms with E-state index in [1.54, 1.807) is 12.1 Å². The van der Waals surface area contributed by atoms with Crippen molar-refractivity contribution in [1.29, 1.82) is 0 Å². The summed E-state index contributed by atoms with van der Waals surface area (Å²) >= 11 is 5.85. The smallest absolute Gasteiger partial charge is 0.292 e. The minimum Gasteiger partial charge on any atom is -0.320 e. The van der Waals surface area contributed by atoms with Gasteiger partial charge in [-0.15, -0.1) is 0 Å². The van der Waals surface area contributed by atoms with Crippen LogP contribution in [0.25, 0.3) is 0 Å². The minimum absolute atomic E-state index is 0.0906. The fraction of sp³-hybridized carbons (Fsp3) is 0.538. The molecule has 2 N–H and O–H groups in total. The number of rotatable bonds is 2. The highest BCUT2D eigenvalue weighted by Crippen LogP contribution is 2.47. The van der Waals surface area contributed by atoms with Crippen LogP contribution in [0, 0.1) is 0 Å². The molecule has 1 aromatic carbocycles. The highest BCUT2D eigenvalue weighted by molar-refractivity contribution is 6.31. The topological polar surface area (TPSA) is 26.0 Å². The predicted molar refractivity (Wildman–Crippen MR) is 65.3 cm³/mol. The van der Waals surface area contributed by atoms with Gasteiger partial charge in [0, 0.05) is 10.6 Å². The van der Waals surface area contributed by atoms with Crippen molar-refractivity contribution >= 4 is 11.6 Å². The number of benzene rings is 1. The van der Waals surface area contributed by atoms with Crippen LogP contribution in [0.15, 0.2) is 24.3 Å². The average Bonchev–Trinajstić information content (AvgIpc) is 2.30. The Hall–Kier alpha value is -0.670. The first-order valence-corrected chi connectivity index (χ1v) is 6.27. The maximum atomic E-state index is 14.5. The SMILES string of the molecule is NC1(C(F)(F)c2ccccc2Cl)CCCCC1. The largest absolute Gasteiger partial charge is 0.320 e. The Labute approximate surface area is 105 Å². The lowest BCUT2D eigenvalue weighted by atomic mass is 9.75. The number of hydrogen-bond acceptors (Lipinski definition) is 1. The molecule has 4 heteroatoms. The lowest BCUT2D eigenvalue weighted by molar-refractivity contribution is -0.0953. The first-order chi connectivity index (χ1) is 7.97. The quantitative estimate of drug-likeness (QED) is 0.850. The van der Waals surface area contributed by atoms with E-state index in [0.29, 0.717) is 12.8 Å². The summed E-state index contributed by atoms with van der Waals surface area (Å²) in [6.07, 6.45) is 3.21. The van der Waals surface area contributed by atoms with E-state index in [-0.39, 0.29) is 10.6 Å². The van der Waals surface area contributed by atoms with Crippen LogP contribution < -0.4 is 5.73 Å². The molecule has 17 heavy (non-hydrogen) atoms. The van der Waals surface area contributed by atoms with Crippen LogP contribution in [0.5, 0.6) is 0 Å². The molecule has 0 atom stereocenters. The summed E-state index contributed by atoms with van der Waals surface area (Å²) in [5.74, 6) is -3.06. The Bertz CT molecular complexity index is 400. The summed E-state index contributed by atoms with van der Waals surface area (Å²) in [7, 11) is 0. The van der Waals surface area contributed by atoms with Crippen LogP contribution in [0.4, 0.5) is 8.78 Å². The fourth-order valence-corrected chi connectivity index (χ4v) is 2.74. The molecular formula is C13H16ClF2N. The molecule has 0 saturated heterocycles. The second kappa shape index (κ2) is 4.54. The molecule has 0 amide bonds. The summed E-state index contributed by atoms with van der Waals surface area (Å²) in [5, 5.41) is 0.0906. The molecule has 1 aliphatic rings. The third-order valence-corrected chi connectivity index (χ3v) is 3.91. The van der Waals surface area contributed by atoms with Gasteiger partial charge in [-0.2, -0.15) is 8.78 Å². The molecule has 1 aromatic rings. The summed E-state index contributed by atoms with van der Waals surface area (Å²) in [5.41, 5.74) is 4.33. The van der Waals surface area contributed by atoms with Crippen LogP contribution in [-0.4, -0.2) is 5.54 Å². The molecule has 0 spiro atoms.